The summed E-state index contributed by atoms with van der Waals surface area (Å²) in [4.78, 5) is 12.3. The topological polar surface area (TPSA) is 55.1 Å². The molecule has 0 radical (unpaired) electrons. The normalized spacial score (nSPS) is 10.4. The Morgan fingerprint density at radius 1 is 1.20 bits per heavy atom. The van der Waals surface area contributed by atoms with E-state index in [4.69, 9.17) is 17.3 Å². The molecule has 0 spiro atoms. The maximum absolute atomic E-state index is 12.3. The van der Waals surface area contributed by atoms with Crippen molar-refractivity contribution in [1.29, 1.82) is 0 Å². The average molecular weight is 354 g/mol. The smallest absolute Gasteiger partial charge is 0.256 e. The van der Waals surface area contributed by atoms with Crippen molar-refractivity contribution >= 4 is 44.8 Å². The Balaban J connectivity index is 2.32. The van der Waals surface area contributed by atoms with Crippen LogP contribution in [0.5, 0.6) is 0 Å². The van der Waals surface area contributed by atoms with Crippen LogP contribution >= 0.6 is 27.5 Å². The van der Waals surface area contributed by atoms with Crippen molar-refractivity contribution in [3.8, 4) is 0 Å². The molecule has 20 heavy (non-hydrogen) atoms. The average Bonchev–Trinajstić information content (AvgIpc) is 2.38. The predicted octanol–water partition coefficient (Wildman–Crippen LogP) is 4.55. The number of hydrogen-bond donors (Lipinski definition) is 2. The second-order valence-corrected chi connectivity index (χ2v) is 5.89. The van der Waals surface area contributed by atoms with Crippen LogP contribution in [0.2, 0.25) is 5.02 Å². The highest BCUT2D eigenvalue weighted by Crippen LogP contribution is 2.25. The van der Waals surface area contributed by atoms with Crippen LogP contribution in [0.25, 0.3) is 0 Å². The van der Waals surface area contributed by atoms with E-state index >= 15 is 0 Å². The van der Waals surface area contributed by atoms with Gasteiger partial charge in [-0.3, -0.25) is 4.79 Å². The van der Waals surface area contributed by atoms with Crippen molar-refractivity contribution in [1.82, 2.24) is 0 Å². The highest BCUT2D eigenvalue weighted by Gasteiger charge is 2.12. The summed E-state index contributed by atoms with van der Waals surface area (Å²) in [5, 5.41) is 3.37. The summed E-state index contributed by atoms with van der Waals surface area (Å²) < 4.78 is 0.692. The number of halogens is 2. The Morgan fingerprint density at radius 3 is 2.60 bits per heavy atom. The molecule has 3 nitrogen and oxygen atoms in total. The summed E-state index contributed by atoms with van der Waals surface area (Å²) >= 11 is 9.27. The van der Waals surface area contributed by atoms with E-state index in [0.29, 0.717) is 26.4 Å². The first kappa shape index (κ1) is 14.9. The molecule has 1 amide bonds. The van der Waals surface area contributed by atoms with E-state index in [1.165, 1.54) is 0 Å². The summed E-state index contributed by atoms with van der Waals surface area (Å²) in [6.07, 6.45) is 0. The molecule has 0 saturated carbocycles. The SMILES string of the molecule is Cc1cc(C)c(NC(=O)c2cc(Cl)ccc2Br)cc1N. The number of aryl methyl sites for hydroxylation is 2. The van der Waals surface area contributed by atoms with Gasteiger partial charge in [0.15, 0.2) is 0 Å². The largest absolute Gasteiger partial charge is 0.398 e. The number of carbonyl (C=O) groups excluding carboxylic acids is 1. The standard InChI is InChI=1S/C15H14BrClN2O/c1-8-5-9(2)14(7-13(8)18)19-15(20)11-6-10(17)3-4-12(11)16/h3-7H,18H2,1-2H3,(H,19,20). The number of hydrogen-bond acceptors (Lipinski definition) is 2. The summed E-state index contributed by atoms with van der Waals surface area (Å²) in [5.74, 6) is -0.231. The van der Waals surface area contributed by atoms with Gasteiger partial charge in [0.25, 0.3) is 5.91 Å². The zero-order valence-electron chi connectivity index (χ0n) is 11.1. The Hall–Kier alpha value is -1.52. The lowest BCUT2D eigenvalue weighted by Crippen LogP contribution is -2.14. The van der Waals surface area contributed by atoms with Gasteiger partial charge in [-0.15, -0.1) is 0 Å². The molecular formula is C15H14BrClN2O. The number of nitrogens with one attached hydrogen (secondary N) is 1. The minimum Gasteiger partial charge on any atom is -0.398 e. The summed E-state index contributed by atoms with van der Waals surface area (Å²) in [7, 11) is 0. The van der Waals surface area contributed by atoms with E-state index in [1.54, 1.807) is 24.3 Å². The van der Waals surface area contributed by atoms with E-state index in [1.807, 2.05) is 19.9 Å². The molecule has 0 aliphatic rings. The van der Waals surface area contributed by atoms with Crippen LogP contribution in [0.1, 0.15) is 21.5 Å². The van der Waals surface area contributed by atoms with Crippen LogP contribution < -0.4 is 11.1 Å². The van der Waals surface area contributed by atoms with Crippen LogP contribution in [-0.4, -0.2) is 5.91 Å². The fraction of sp³-hybridized carbons (Fsp3) is 0.133. The number of carbonyl (C=O) groups is 1. The highest BCUT2D eigenvalue weighted by molar-refractivity contribution is 9.10. The number of nitrogen functional groups attached to an aromatic ring is 1. The molecule has 2 rings (SSSR count). The molecule has 0 unspecified atom stereocenters. The Labute approximate surface area is 131 Å². The van der Waals surface area contributed by atoms with Gasteiger partial charge in [0.05, 0.1) is 5.56 Å². The van der Waals surface area contributed by atoms with Gasteiger partial charge in [0.2, 0.25) is 0 Å². The third-order valence-electron chi connectivity index (χ3n) is 3.03. The van der Waals surface area contributed by atoms with Crippen LogP contribution in [0, 0.1) is 13.8 Å². The molecule has 0 aromatic heterocycles. The predicted molar refractivity (Wildman–Crippen MR) is 87.4 cm³/mol. The van der Waals surface area contributed by atoms with Crippen LogP contribution in [0.15, 0.2) is 34.8 Å². The first-order valence-corrected chi connectivity index (χ1v) is 7.18. The lowest BCUT2D eigenvalue weighted by molar-refractivity contribution is 0.102. The van der Waals surface area contributed by atoms with Gasteiger partial charge < -0.3 is 11.1 Å². The van der Waals surface area contributed by atoms with E-state index in [0.717, 1.165) is 11.1 Å². The number of anilines is 2. The molecule has 5 heteroatoms. The molecule has 0 aliphatic heterocycles. The lowest BCUT2D eigenvalue weighted by Gasteiger charge is -2.12. The van der Waals surface area contributed by atoms with Crippen LogP contribution in [0.4, 0.5) is 11.4 Å². The van der Waals surface area contributed by atoms with E-state index < -0.39 is 0 Å². The zero-order chi connectivity index (χ0) is 14.9. The van der Waals surface area contributed by atoms with Crippen molar-refractivity contribution in [3.63, 3.8) is 0 Å². The summed E-state index contributed by atoms with van der Waals surface area (Å²) in [6.45, 7) is 3.86. The van der Waals surface area contributed by atoms with Crippen molar-refractivity contribution < 1.29 is 4.79 Å². The molecule has 0 aliphatic carbocycles. The lowest BCUT2D eigenvalue weighted by atomic mass is 10.1. The first-order valence-electron chi connectivity index (χ1n) is 6.01. The molecule has 0 bridgehead atoms. The summed E-state index contributed by atoms with van der Waals surface area (Å²) in [5.41, 5.74) is 9.66. The van der Waals surface area contributed by atoms with Crippen molar-refractivity contribution in [2.75, 3.05) is 11.1 Å². The highest BCUT2D eigenvalue weighted by atomic mass is 79.9. The number of rotatable bonds is 2. The molecule has 0 saturated heterocycles. The fourth-order valence-electron chi connectivity index (χ4n) is 1.86. The van der Waals surface area contributed by atoms with Crippen molar-refractivity contribution in [2.45, 2.75) is 13.8 Å². The van der Waals surface area contributed by atoms with Gasteiger partial charge in [-0.25, -0.2) is 0 Å². The number of amides is 1. The third-order valence-corrected chi connectivity index (χ3v) is 3.96. The molecule has 2 aromatic rings. The van der Waals surface area contributed by atoms with Gasteiger partial charge in [0, 0.05) is 20.9 Å². The minimum atomic E-state index is -0.231. The molecule has 2 aromatic carbocycles. The van der Waals surface area contributed by atoms with E-state index in [-0.39, 0.29) is 5.91 Å². The number of nitrogens with two attached hydrogens (primary N) is 1. The molecule has 0 heterocycles. The third kappa shape index (κ3) is 3.14. The van der Waals surface area contributed by atoms with Gasteiger partial charge in [-0.05, 0) is 65.2 Å². The maximum Gasteiger partial charge on any atom is 0.256 e. The molecule has 0 atom stereocenters. The molecule has 3 N–H and O–H groups in total. The van der Waals surface area contributed by atoms with E-state index in [2.05, 4.69) is 21.2 Å². The van der Waals surface area contributed by atoms with Gasteiger partial charge in [0.1, 0.15) is 0 Å². The molecule has 104 valence electrons. The van der Waals surface area contributed by atoms with E-state index in [9.17, 15) is 4.79 Å². The Morgan fingerprint density at radius 2 is 1.90 bits per heavy atom. The Bertz CT molecular complexity index is 686. The second kappa shape index (κ2) is 5.85. The molecule has 0 fully saturated rings. The quantitative estimate of drug-likeness (QED) is 0.778. The van der Waals surface area contributed by atoms with Gasteiger partial charge in [-0.2, -0.15) is 0 Å². The minimum absolute atomic E-state index is 0.231. The maximum atomic E-state index is 12.3. The second-order valence-electron chi connectivity index (χ2n) is 4.60. The van der Waals surface area contributed by atoms with Crippen molar-refractivity contribution in [3.05, 3.63) is 56.5 Å². The van der Waals surface area contributed by atoms with Crippen LogP contribution in [0.3, 0.4) is 0 Å². The monoisotopic (exact) mass is 352 g/mol. The first-order chi connectivity index (χ1) is 9.38. The molecular weight excluding hydrogens is 340 g/mol. The zero-order valence-corrected chi connectivity index (χ0v) is 13.5. The van der Waals surface area contributed by atoms with Gasteiger partial charge >= 0.3 is 0 Å². The van der Waals surface area contributed by atoms with Gasteiger partial charge in [-0.1, -0.05) is 17.7 Å². The Kier molecular flexibility index (Phi) is 4.35. The summed E-state index contributed by atoms with van der Waals surface area (Å²) in [6, 6.07) is 8.79. The van der Waals surface area contributed by atoms with Crippen LogP contribution in [-0.2, 0) is 0 Å². The fourth-order valence-corrected chi connectivity index (χ4v) is 2.46. The number of benzene rings is 2. The van der Waals surface area contributed by atoms with Crippen molar-refractivity contribution in [2.24, 2.45) is 0 Å².